The lowest BCUT2D eigenvalue weighted by Crippen LogP contribution is -1.96. The van der Waals surface area contributed by atoms with E-state index in [0.717, 1.165) is 33.8 Å². The van der Waals surface area contributed by atoms with Gasteiger partial charge in [-0.25, -0.2) is 0 Å². The predicted octanol–water partition coefficient (Wildman–Crippen LogP) is 5.18. The van der Waals surface area contributed by atoms with Gasteiger partial charge in [-0.3, -0.25) is 15.0 Å². The number of nitrogens with zero attached hydrogens (tertiary/aromatic N) is 3. The number of hydrogen-bond donors (Lipinski definition) is 0. The normalized spacial score (nSPS) is 10.6. The van der Waals surface area contributed by atoms with E-state index < -0.39 is 0 Å². The van der Waals surface area contributed by atoms with Crippen LogP contribution in [0.2, 0.25) is 0 Å². The highest BCUT2D eigenvalue weighted by atomic mass is 14.8. The maximum absolute atomic E-state index is 4.63. The van der Waals surface area contributed by atoms with Gasteiger partial charge in [-0.1, -0.05) is 42.0 Å². The molecule has 0 fully saturated rings. The van der Waals surface area contributed by atoms with Crippen LogP contribution in [0.1, 0.15) is 5.56 Å². The van der Waals surface area contributed by atoms with Gasteiger partial charge in [-0.15, -0.1) is 0 Å². The minimum Gasteiger partial charge on any atom is -0.256 e. The molecule has 0 aliphatic rings. The van der Waals surface area contributed by atoms with Gasteiger partial charge < -0.3 is 0 Å². The minimum absolute atomic E-state index is 0.845. The SMILES string of the molecule is Cc1ccc(-c2ccnc(-c3ccccn3)c2-c2ccccn2)cc1. The van der Waals surface area contributed by atoms with Gasteiger partial charge in [0.1, 0.15) is 0 Å². The van der Waals surface area contributed by atoms with Gasteiger partial charge in [0, 0.05) is 24.2 Å². The lowest BCUT2D eigenvalue weighted by atomic mass is 9.94. The van der Waals surface area contributed by atoms with Crippen LogP contribution in [0.5, 0.6) is 0 Å². The van der Waals surface area contributed by atoms with E-state index >= 15 is 0 Å². The summed E-state index contributed by atoms with van der Waals surface area (Å²) in [6, 6.07) is 22.4. The third-order valence-corrected chi connectivity index (χ3v) is 4.14. The lowest BCUT2D eigenvalue weighted by molar-refractivity contribution is 1.23. The second-order valence-electron chi connectivity index (χ2n) is 5.88. The maximum Gasteiger partial charge on any atom is 0.0986 e. The van der Waals surface area contributed by atoms with Crippen molar-refractivity contribution in [3.8, 4) is 33.8 Å². The Labute approximate surface area is 147 Å². The first-order chi connectivity index (χ1) is 12.3. The molecule has 0 saturated carbocycles. The number of hydrogen-bond acceptors (Lipinski definition) is 3. The Hall–Kier alpha value is -3.33. The van der Waals surface area contributed by atoms with Gasteiger partial charge in [0.2, 0.25) is 0 Å². The molecular weight excluding hydrogens is 306 g/mol. The molecule has 3 nitrogen and oxygen atoms in total. The van der Waals surface area contributed by atoms with Gasteiger partial charge in [0.25, 0.3) is 0 Å². The molecule has 0 saturated heterocycles. The van der Waals surface area contributed by atoms with E-state index in [1.807, 2.05) is 54.9 Å². The molecule has 3 heterocycles. The van der Waals surface area contributed by atoms with Crippen molar-refractivity contribution in [2.24, 2.45) is 0 Å². The second-order valence-corrected chi connectivity index (χ2v) is 5.88. The Bertz CT molecular complexity index is 979. The van der Waals surface area contributed by atoms with Crippen LogP contribution in [-0.4, -0.2) is 15.0 Å². The summed E-state index contributed by atoms with van der Waals surface area (Å²) in [6.07, 6.45) is 5.44. The summed E-state index contributed by atoms with van der Waals surface area (Å²) in [5, 5.41) is 0. The Balaban J connectivity index is 2.00. The molecule has 0 atom stereocenters. The predicted molar refractivity (Wildman–Crippen MR) is 101 cm³/mol. The first-order valence-corrected chi connectivity index (χ1v) is 8.22. The van der Waals surface area contributed by atoms with Crippen LogP contribution in [0, 0.1) is 6.92 Å². The number of aromatic nitrogens is 3. The Kier molecular flexibility index (Phi) is 4.05. The smallest absolute Gasteiger partial charge is 0.0986 e. The minimum atomic E-state index is 0.845. The number of benzene rings is 1. The summed E-state index contributed by atoms with van der Waals surface area (Å²) >= 11 is 0. The van der Waals surface area contributed by atoms with Crippen molar-refractivity contribution in [3.63, 3.8) is 0 Å². The zero-order valence-electron chi connectivity index (χ0n) is 13.9. The average molecular weight is 323 g/mol. The topological polar surface area (TPSA) is 38.7 Å². The molecule has 0 amide bonds. The Morgan fingerprint density at radius 3 is 1.92 bits per heavy atom. The number of rotatable bonds is 3. The van der Waals surface area contributed by atoms with Crippen LogP contribution in [-0.2, 0) is 0 Å². The molecule has 1 aromatic carbocycles. The van der Waals surface area contributed by atoms with Gasteiger partial charge in [0.05, 0.1) is 17.1 Å². The molecule has 0 aliphatic carbocycles. The van der Waals surface area contributed by atoms with Gasteiger partial charge in [-0.05, 0) is 48.4 Å². The molecule has 4 rings (SSSR count). The summed E-state index contributed by atoms with van der Waals surface area (Å²) < 4.78 is 0. The molecule has 4 aromatic rings. The van der Waals surface area contributed by atoms with Crippen molar-refractivity contribution in [2.75, 3.05) is 0 Å². The van der Waals surface area contributed by atoms with E-state index in [0.29, 0.717) is 0 Å². The Morgan fingerprint density at radius 2 is 1.28 bits per heavy atom. The highest BCUT2D eigenvalue weighted by Crippen LogP contribution is 2.37. The van der Waals surface area contributed by atoms with Crippen LogP contribution in [0.15, 0.2) is 85.3 Å². The van der Waals surface area contributed by atoms with Crippen LogP contribution in [0.25, 0.3) is 33.8 Å². The van der Waals surface area contributed by atoms with Crippen molar-refractivity contribution in [3.05, 3.63) is 90.9 Å². The van der Waals surface area contributed by atoms with Gasteiger partial charge in [-0.2, -0.15) is 0 Å². The first kappa shape index (κ1) is 15.2. The molecule has 3 aromatic heterocycles. The summed E-state index contributed by atoms with van der Waals surface area (Å²) in [5.41, 5.74) is 7.08. The third-order valence-electron chi connectivity index (χ3n) is 4.14. The van der Waals surface area contributed by atoms with Crippen LogP contribution in [0.3, 0.4) is 0 Å². The first-order valence-electron chi connectivity index (χ1n) is 8.22. The summed E-state index contributed by atoms with van der Waals surface area (Å²) in [5.74, 6) is 0. The molecule has 25 heavy (non-hydrogen) atoms. The third kappa shape index (κ3) is 3.04. The molecular formula is C22H17N3. The molecule has 0 aliphatic heterocycles. The highest BCUT2D eigenvalue weighted by Gasteiger charge is 2.16. The molecule has 0 N–H and O–H groups in total. The summed E-state index contributed by atoms with van der Waals surface area (Å²) in [4.78, 5) is 13.7. The van der Waals surface area contributed by atoms with Crippen LogP contribution < -0.4 is 0 Å². The fourth-order valence-corrected chi connectivity index (χ4v) is 2.90. The Morgan fingerprint density at radius 1 is 0.600 bits per heavy atom. The summed E-state index contributed by atoms with van der Waals surface area (Å²) in [7, 11) is 0. The van der Waals surface area contributed by atoms with E-state index in [2.05, 4.69) is 46.1 Å². The molecule has 0 radical (unpaired) electrons. The van der Waals surface area contributed by atoms with E-state index in [-0.39, 0.29) is 0 Å². The van der Waals surface area contributed by atoms with Crippen molar-refractivity contribution < 1.29 is 0 Å². The van der Waals surface area contributed by atoms with E-state index in [4.69, 9.17) is 0 Å². The average Bonchev–Trinajstić information content (AvgIpc) is 2.69. The molecule has 120 valence electrons. The van der Waals surface area contributed by atoms with Crippen molar-refractivity contribution in [2.45, 2.75) is 6.92 Å². The van der Waals surface area contributed by atoms with E-state index in [9.17, 15) is 0 Å². The van der Waals surface area contributed by atoms with Gasteiger partial charge in [0.15, 0.2) is 0 Å². The van der Waals surface area contributed by atoms with Crippen LogP contribution >= 0.6 is 0 Å². The standard InChI is InChI=1S/C22H17N3/c1-16-8-10-17(11-9-16)18-12-15-25-22(20-7-3-5-14-24-20)21(18)19-6-2-4-13-23-19/h2-15H,1H3. The zero-order chi connectivity index (χ0) is 17.1. The highest BCUT2D eigenvalue weighted by molar-refractivity contribution is 5.90. The zero-order valence-corrected chi connectivity index (χ0v) is 13.9. The molecule has 0 unspecified atom stereocenters. The second kappa shape index (κ2) is 6.65. The monoisotopic (exact) mass is 323 g/mol. The van der Waals surface area contributed by atoms with E-state index in [1.165, 1.54) is 5.56 Å². The lowest BCUT2D eigenvalue weighted by Gasteiger charge is -2.14. The van der Waals surface area contributed by atoms with Crippen molar-refractivity contribution >= 4 is 0 Å². The number of aryl methyl sites for hydroxylation is 1. The molecule has 0 spiro atoms. The van der Waals surface area contributed by atoms with Crippen molar-refractivity contribution in [1.29, 1.82) is 0 Å². The maximum atomic E-state index is 4.63. The quantitative estimate of drug-likeness (QED) is 0.521. The van der Waals surface area contributed by atoms with Gasteiger partial charge >= 0.3 is 0 Å². The van der Waals surface area contributed by atoms with Crippen LogP contribution in [0.4, 0.5) is 0 Å². The molecule has 0 bridgehead atoms. The number of pyridine rings is 3. The van der Waals surface area contributed by atoms with E-state index in [1.54, 1.807) is 6.20 Å². The fraction of sp³-hybridized carbons (Fsp3) is 0.0455. The largest absolute Gasteiger partial charge is 0.256 e. The van der Waals surface area contributed by atoms with Crippen molar-refractivity contribution in [1.82, 2.24) is 15.0 Å². The molecule has 3 heteroatoms. The summed E-state index contributed by atoms with van der Waals surface area (Å²) in [6.45, 7) is 2.09. The fourth-order valence-electron chi connectivity index (χ4n) is 2.90.